The van der Waals surface area contributed by atoms with Crippen molar-refractivity contribution in [2.24, 2.45) is 0 Å². The molecule has 0 unspecified atom stereocenters. The van der Waals surface area contributed by atoms with Gasteiger partial charge in [0.25, 0.3) is 0 Å². The fourth-order valence-corrected chi connectivity index (χ4v) is 8.10. The number of fused-ring (bicyclic) bond motifs is 6. The number of hydrogen-bond acceptors (Lipinski definition) is 4. The number of furan rings is 1. The summed E-state index contributed by atoms with van der Waals surface area (Å²) in [7, 11) is 0. The van der Waals surface area contributed by atoms with Crippen molar-refractivity contribution in [2.45, 2.75) is 0 Å². The fraction of sp³-hybridized carbons (Fsp3) is 0. The van der Waals surface area contributed by atoms with Crippen molar-refractivity contribution < 1.29 is 4.42 Å². The number of benzene rings is 8. The third-order valence-corrected chi connectivity index (χ3v) is 10.7. The molecule has 0 atom stereocenters. The molecular formula is C51H32N4O. The smallest absolute Gasteiger partial charge is 0.166 e. The molecule has 11 aromatic rings. The Labute approximate surface area is 322 Å². The first-order chi connectivity index (χ1) is 27.8. The zero-order valence-electron chi connectivity index (χ0n) is 30.2. The lowest BCUT2D eigenvalue weighted by molar-refractivity contribution is 0.670. The quantitative estimate of drug-likeness (QED) is 0.172. The minimum atomic E-state index is 0.597. The maximum atomic E-state index is 6.54. The highest BCUT2D eigenvalue weighted by Crippen LogP contribution is 2.43. The lowest BCUT2D eigenvalue weighted by atomic mass is 9.98. The van der Waals surface area contributed by atoms with E-state index in [1.165, 1.54) is 0 Å². The highest BCUT2D eigenvalue weighted by Gasteiger charge is 2.23. The van der Waals surface area contributed by atoms with E-state index < -0.39 is 0 Å². The van der Waals surface area contributed by atoms with Gasteiger partial charge in [0, 0.05) is 49.4 Å². The van der Waals surface area contributed by atoms with Gasteiger partial charge in [-0.05, 0) is 35.4 Å². The Morgan fingerprint density at radius 3 is 1.61 bits per heavy atom. The molecule has 0 aliphatic heterocycles. The Morgan fingerprint density at radius 1 is 0.339 bits per heavy atom. The third-order valence-electron chi connectivity index (χ3n) is 10.7. The summed E-state index contributed by atoms with van der Waals surface area (Å²) in [5, 5.41) is 4.53. The van der Waals surface area contributed by atoms with Crippen LogP contribution in [0.25, 0.3) is 106 Å². The van der Waals surface area contributed by atoms with Crippen LogP contribution in [-0.4, -0.2) is 19.5 Å². The Hall–Kier alpha value is -7.63. The summed E-state index contributed by atoms with van der Waals surface area (Å²) >= 11 is 0. The molecular weight excluding hydrogens is 685 g/mol. The molecule has 3 aromatic heterocycles. The van der Waals surface area contributed by atoms with Gasteiger partial charge in [-0.1, -0.05) is 170 Å². The summed E-state index contributed by atoms with van der Waals surface area (Å²) in [4.78, 5) is 15.5. The summed E-state index contributed by atoms with van der Waals surface area (Å²) in [6, 6.07) is 67.4. The molecule has 0 radical (unpaired) electrons. The van der Waals surface area contributed by atoms with Gasteiger partial charge in [0.15, 0.2) is 17.5 Å². The van der Waals surface area contributed by atoms with Crippen LogP contribution in [0.5, 0.6) is 0 Å². The predicted molar refractivity (Wildman–Crippen MR) is 229 cm³/mol. The van der Waals surface area contributed by atoms with Crippen molar-refractivity contribution in [3.05, 3.63) is 194 Å². The highest BCUT2D eigenvalue weighted by molar-refractivity contribution is 6.13. The van der Waals surface area contributed by atoms with Gasteiger partial charge in [0.2, 0.25) is 0 Å². The minimum absolute atomic E-state index is 0.597. The Balaban J connectivity index is 1.23. The van der Waals surface area contributed by atoms with Crippen LogP contribution in [0.4, 0.5) is 0 Å². The number of para-hydroxylation sites is 4. The van der Waals surface area contributed by atoms with Crippen LogP contribution in [0.2, 0.25) is 0 Å². The van der Waals surface area contributed by atoms with E-state index in [2.05, 4.69) is 126 Å². The zero-order chi connectivity index (χ0) is 37.0. The predicted octanol–water partition coefficient (Wildman–Crippen LogP) is 13.2. The van der Waals surface area contributed by atoms with Crippen LogP contribution in [0, 0.1) is 0 Å². The van der Waals surface area contributed by atoms with Gasteiger partial charge < -0.3 is 8.98 Å². The van der Waals surface area contributed by atoms with E-state index in [1.54, 1.807) is 0 Å². The van der Waals surface area contributed by atoms with E-state index in [-0.39, 0.29) is 0 Å². The molecule has 0 saturated carbocycles. The van der Waals surface area contributed by atoms with Crippen molar-refractivity contribution in [1.29, 1.82) is 0 Å². The number of rotatable bonds is 6. The largest absolute Gasteiger partial charge is 0.455 e. The molecule has 0 saturated heterocycles. The molecule has 0 amide bonds. The van der Waals surface area contributed by atoms with E-state index in [0.29, 0.717) is 17.5 Å². The van der Waals surface area contributed by atoms with Crippen LogP contribution in [0.15, 0.2) is 199 Å². The van der Waals surface area contributed by atoms with Crippen molar-refractivity contribution in [2.75, 3.05) is 0 Å². The summed E-state index contributed by atoms with van der Waals surface area (Å²) in [5.41, 5.74) is 12.0. The monoisotopic (exact) mass is 716 g/mol. The standard InChI is InChI=1S/C51H32N4O/c1-4-16-33(17-5-1)37-24-14-27-43(51-53-49(34-18-6-2-7-19-34)52-50(54-51)35-20-8-3-9-21-35)47(37)55-44-28-12-10-22-39(44)40-31-30-36(32-45(40)55)38-25-15-26-42-41-23-11-13-29-46(41)56-48(38)42/h1-32H. The molecule has 0 aliphatic carbocycles. The topological polar surface area (TPSA) is 56.7 Å². The lowest BCUT2D eigenvalue weighted by Gasteiger charge is -2.19. The third kappa shape index (κ3) is 5.21. The normalized spacial score (nSPS) is 11.6. The molecule has 0 N–H and O–H groups in total. The molecule has 5 heteroatoms. The number of aromatic nitrogens is 4. The van der Waals surface area contributed by atoms with Gasteiger partial charge in [0.1, 0.15) is 11.2 Å². The molecule has 11 rings (SSSR count). The molecule has 0 aliphatic rings. The lowest BCUT2D eigenvalue weighted by Crippen LogP contribution is -2.05. The van der Waals surface area contributed by atoms with Crippen molar-refractivity contribution >= 4 is 43.7 Å². The molecule has 56 heavy (non-hydrogen) atoms. The summed E-state index contributed by atoms with van der Waals surface area (Å²) in [5.74, 6) is 1.84. The van der Waals surface area contributed by atoms with Gasteiger partial charge in [-0.15, -0.1) is 0 Å². The van der Waals surface area contributed by atoms with E-state index in [1.807, 2.05) is 72.8 Å². The van der Waals surface area contributed by atoms with Gasteiger partial charge in [-0.2, -0.15) is 0 Å². The molecule has 0 spiro atoms. The summed E-state index contributed by atoms with van der Waals surface area (Å²) in [6.45, 7) is 0. The molecule has 262 valence electrons. The summed E-state index contributed by atoms with van der Waals surface area (Å²) < 4.78 is 8.95. The number of hydrogen-bond donors (Lipinski definition) is 0. The second kappa shape index (κ2) is 13.0. The average Bonchev–Trinajstić information content (AvgIpc) is 3.82. The molecule has 3 heterocycles. The second-order valence-corrected chi connectivity index (χ2v) is 14.0. The summed E-state index contributed by atoms with van der Waals surface area (Å²) in [6.07, 6.45) is 0. The van der Waals surface area contributed by atoms with Crippen LogP contribution in [-0.2, 0) is 0 Å². The highest BCUT2D eigenvalue weighted by atomic mass is 16.3. The van der Waals surface area contributed by atoms with Crippen LogP contribution >= 0.6 is 0 Å². The molecule has 8 aromatic carbocycles. The minimum Gasteiger partial charge on any atom is -0.455 e. The average molecular weight is 717 g/mol. The van der Waals surface area contributed by atoms with Gasteiger partial charge in [-0.3, -0.25) is 0 Å². The van der Waals surface area contributed by atoms with E-state index in [0.717, 1.165) is 88.4 Å². The zero-order valence-corrected chi connectivity index (χ0v) is 30.2. The van der Waals surface area contributed by atoms with E-state index in [9.17, 15) is 0 Å². The second-order valence-electron chi connectivity index (χ2n) is 14.0. The Kier molecular flexibility index (Phi) is 7.42. The molecule has 5 nitrogen and oxygen atoms in total. The van der Waals surface area contributed by atoms with Crippen LogP contribution in [0.1, 0.15) is 0 Å². The van der Waals surface area contributed by atoms with Crippen molar-refractivity contribution in [3.8, 4) is 62.1 Å². The SMILES string of the molecule is c1ccc(-c2nc(-c3ccccc3)nc(-c3cccc(-c4ccccc4)c3-n3c4ccccc4c4ccc(-c5cccc6c5oc5ccccc56)cc43)n2)cc1. The van der Waals surface area contributed by atoms with Crippen molar-refractivity contribution in [3.63, 3.8) is 0 Å². The van der Waals surface area contributed by atoms with Crippen LogP contribution < -0.4 is 0 Å². The van der Waals surface area contributed by atoms with E-state index >= 15 is 0 Å². The maximum absolute atomic E-state index is 6.54. The van der Waals surface area contributed by atoms with Crippen molar-refractivity contribution in [1.82, 2.24) is 19.5 Å². The van der Waals surface area contributed by atoms with Gasteiger partial charge >= 0.3 is 0 Å². The van der Waals surface area contributed by atoms with Gasteiger partial charge in [0.05, 0.1) is 16.7 Å². The molecule has 0 fully saturated rings. The van der Waals surface area contributed by atoms with Gasteiger partial charge in [-0.25, -0.2) is 15.0 Å². The first kappa shape index (κ1) is 31.9. The van der Waals surface area contributed by atoms with E-state index in [4.69, 9.17) is 19.4 Å². The first-order valence-electron chi connectivity index (χ1n) is 18.8. The van der Waals surface area contributed by atoms with Crippen LogP contribution in [0.3, 0.4) is 0 Å². The maximum Gasteiger partial charge on any atom is 0.166 e. The Bertz CT molecular complexity index is 3180. The fourth-order valence-electron chi connectivity index (χ4n) is 8.10. The first-order valence-corrected chi connectivity index (χ1v) is 18.8. The molecule has 0 bridgehead atoms. The Morgan fingerprint density at radius 2 is 0.875 bits per heavy atom. The number of nitrogens with zero attached hydrogens (tertiary/aromatic N) is 4.